The summed E-state index contributed by atoms with van der Waals surface area (Å²) in [7, 11) is 0. The number of ether oxygens (including phenoxy) is 1. The molecule has 1 aromatic heterocycles. The summed E-state index contributed by atoms with van der Waals surface area (Å²) in [6.07, 6.45) is 3.00. The molecule has 0 saturated carbocycles. The van der Waals surface area contributed by atoms with E-state index in [4.69, 9.17) is 4.74 Å². The molecule has 76 valence electrons. The lowest BCUT2D eigenvalue weighted by atomic mass is 10.0. The molecule has 14 heavy (non-hydrogen) atoms. The molecule has 0 aliphatic carbocycles. The van der Waals surface area contributed by atoms with Crippen LogP contribution in [0.2, 0.25) is 0 Å². The first-order chi connectivity index (χ1) is 6.71. The van der Waals surface area contributed by atoms with Crippen molar-refractivity contribution in [2.45, 2.75) is 25.4 Å². The highest BCUT2D eigenvalue weighted by Gasteiger charge is 2.37. The van der Waals surface area contributed by atoms with Crippen LogP contribution >= 0.6 is 0 Å². The minimum atomic E-state index is -0.715. The van der Waals surface area contributed by atoms with Crippen LogP contribution in [-0.4, -0.2) is 33.3 Å². The fourth-order valence-corrected chi connectivity index (χ4v) is 1.46. The van der Waals surface area contributed by atoms with E-state index in [9.17, 15) is 4.79 Å². The first-order valence-corrected chi connectivity index (χ1v) is 4.51. The zero-order chi connectivity index (χ0) is 10.0. The molecule has 1 atom stereocenters. The SMILES string of the molecule is CC1(C(=O)Nc2ncn[nH]2)CCCO1. The second-order valence-electron chi connectivity index (χ2n) is 3.47. The monoisotopic (exact) mass is 196 g/mol. The summed E-state index contributed by atoms with van der Waals surface area (Å²) in [6, 6.07) is 0. The van der Waals surface area contributed by atoms with Crippen LogP contribution in [0.4, 0.5) is 5.95 Å². The molecule has 1 aromatic rings. The van der Waals surface area contributed by atoms with Crippen LogP contribution in [0.1, 0.15) is 19.8 Å². The second kappa shape index (κ2) is 3.38. The second-order valence-corrected chi connectivity index (χ2v) is 3.47. The van der Waals surface area contributed by atoms with E-state index in [0.29, 0.717) is 12.6 Å². The third-order valence-electron chi connectivity index (χ3n) is 2.35. The lowest BCUT2D eigenvalue weighted by Crippen LogP contribution is -2.39. The van der Waals surface area contributed by atoms with Crippen molar-refractivity contribution in [2.75, 3.05) is 11.9 Å². The highest BCUT2D eigenvalue weighted by Crippen LogP contribution is 2.25. The first kappa shape index (κ1) is 9.14. The Labute approximate surface area is 81.1 Å². The molecule has 2 rings (SSSR count). The predicted molar refractivity (Wildman–Crippen MR) is 48.6 cm³/mol. The maximum absolute atomic E-state index is 11.7. The van der Waals surface area contributed by atoms with E-state index in [-0.39, 0.29) is 5.91 Å². The normalized spacial score (nSPS) is 26.4. The minimum absolute atomic E-state index is 0.174. The van der Waals surface area contributed by atoms with E-state index in [0.717, 1.165) is 12.8 Å². The first-order valence-electron chi connectivity index (χ1n) is 4.51. The Morgan fingerprint density at radius 2 is 2.64 bits per heavy atom. The van der Waals surface area contributed by atoms with E-state index in [1.165, 1.54) is 6.33 Å². The number of H-pyrrole nitrogens is 1. The van der Waals surface area contributed by atoms with Gasteiger partial charge in [0.15, 0.2) is 0 Å². The molecule has 1 aliphatic heterocycles. The van der Waals surface area contributed by atoms with Gasteiger partial charge in [0.1, 0.15) is 11.9 Å². The molecule has 0 bridgehead atoms. The Bertz CT molecular complexity index is 316. The van der Waals surface area contributed by atoms with Gasteiger partial charge in [0.05, 0.1) is 0 Å². The number of hydrogen-bond acceptors (Lipinski definition) is 4. The summed E-state index contributed by atoms with van der Waals surface area (Å²) in [5.41, 5.74) is -0.715. The highest BCUT2D eigenvalue weighted by atomic mass is 16.5. The average molecular weight is 196 g/mol. The van der Waals surface area contributed by atoms with Crippen molar-refractivity contribution in [1.29, 1.82) is 0 Å². The molecular formula is C8H12N4O2. The minimum Gasteiger partial charge on any atom is -0.365 e. The fraction of sp³-hybridized carbons (Fsp3) is 0.625. The summed E-state index contributed by atoms with van der Waals surface area (Å²) in [4.78, 5) is 15.5. The molecule has 6 nitrogen and oxygen atoms in total. The lowest BCUT2D eigenvalue weighted by molar-refractivity contribution is -0.133. The Morgan fingerprint density at radius 3 is 3.21 bits per heavy atom. The van der Waals surface area contributed by atoms with Gasteiger partial charge in [-0.05, 0) is 19.8 Å². The van der Waals surface area contributed by atoms with Crippen LogP contribution in [0.25, 0.3) is 0 Å². The van der Waals surface area contributed by atoms with Gasteiger partial charge in [0.25, 0.3) is 5.91 Å². The summed E-state index contributed by atoms with van der Waals surface area (Å²) in [6.45, 7) is 2.42. The molecule has 1 unspecified atom stereocenters. The number of carbonyl (C=O) groups excluding carboxylic acids is 1. The number of hydrogen-bond donors (Lipinski definition) is 2. The maximum Gasteiger partial charge on any atom is 0.258 e. The van der Waals surface area contributed by atoms with Gasteiger partial charge >= 0.3 is 0 Å². The van der Waals surface area contributed by atoms with Crippen LogP contribution in [-0.2, 0) is 9.53 Å². The number of aromatic amines is 1. The number of nitrogens with one attached hydrogen (secondary N) is 2. The van der Waals surface area contributed by atoms with E-state index < -0.39 is 5.60 Å². The third kappa shape index (κ3) is 1.60. The van der Waals surface area contributed by atoms with Crippen molar-refractivity contribution in [2.24, 2.45) is 0 Å². The Morgan fingerprint density at radius 1 is 1.79 bits per heavy atom. The van der Waals surface area contributed by atoms with Crippen LogP contribution in [0.3, 0.4) is 0 Å². The quantitative estimate of drug-likeness (QED) is 0.713. The largest absolute Gasteiger partial charge is 0.365 e. The molecule has 1 aliphatic rings. The number of anilines is 1. The van der Waals surface area contributed by atoms with Crippen LogP contribution < -0.4 is 5.32 Å². The molecular weight excluding hydrogens is 184 g/mol. The van der Waals surface area contributed by atoms with Crippen LogP contribution in [0.5, 0.6) is 0 Å². The molecule has 1 saturated heterocycles. The topological polar surface area (TPSA) is 79.9 Å². The number of carbonyl (C=O) groups is 1. The van der Waals surface area contributed by atoms with Crippen molar-refractivity contribution in [3.8, 4) is 0 Å². The predicted octanol–water partition coefficient (Wildman–Crippen LogP) is 0.312. The highest BCUT2D eigenvalue weighted by molar-refractivity contribution is 5.95. The van der Waals surface area contributed by atoms with E-state index in [2.05, 4.69) is 20.5 Å². The Hall–Kier alpha value is -1.43. The van der Waals surface area contributed by atoms with Gasteiger partial charge in [0, 0.05) is 6.61 Å². The molecule has 0 aromatic carbocycles. The standard InChI is InChI=1S/C8H12N4O2/c1-8(3-2-4-14-8)6(13)11-7-9-5-10-12-7/h5H,2-4H2,1H3,(H2,9,10,11,12,13). The van der Waals surface area contributed by atoms with Crippen LogP contribution in [0.15, 0.2) is 6.33 Å². The van der Waals surface area contributed by atoms with Gasteiger partial charge < -0.3 is 4.74 Å². The molecule has 2 heterocycles. The zero-order valence-corrected chi connectivity index (χ0v) is 7.91. The molecule has 2 N–H and O–H groups in total. The van der Waals surface area contributed by atoms with Gasteiger partial charge in [-0.25, -0.2) is 5.10 Å². The summed E-state index contributed by atoms with van der Waals surface area (Å²) >= 11 is 0. The van der Waals surface area contributed by atoms with Crippen molar-refractivity contribution in [3.05, 3.63) is 6.33 Å². The fourth-order valence-electron chi connectivity index (χ4n) is 1.46. The van der Waals surface area contributed by atoms with E-state index in [1.807, 2.05) is 0 Å². The summed E-state index contributed by atoms with van der Waals surface area (Å²) in [5.74, 6) is 0.179. The maximum atomic E-state index is 11.7. The number of nitrogens with zero attached hydrogens (tertiary/aromatic N) is 2. The smallest absolute Gasteiger partial charge is 0.258 e. The Kier molecular flexibility index (Phi) is 2.20. The molecule has 1 amide bonds. The zero-order valence-electron chi connectivity index (χ0n) is 7.91. The lowest BCUT2D eigenvalue weighted by Gasteiger charge is -2.20. The van der Waals surface area contributed by atoms with Gasteiger partial charge in [0.2, 0.25) is 5.95 Å². The van der Waals surface area contributed by atoms with Gasteiger partial charge in [-0.3, -0.25) is 10.1 Å². The third-order valence-corrected chi connectivity index (χ3v) is 2.35. The van der Waals surface area contributed by atoms with Crippen molar-refractivity contribution >= 4 is 11.9 Å². The van der Waals surface area contributed by atoms with Crippen molar-refractivity contribution < 1.29 is 9.53 Å². The van der Waals surface area contributed by atoms with Crippen molar-refractivity contribution in [1.82, 2.24) is 15.2 Å². The van der Waals surface area contributed by atoms with E-state index >= 15 is 0 Å². The summed E-state index contributed by atoms with van der Waals surface area (Å²) in [5, 5.41) is 8.80. The number of aromatic nitrogens is 3. The number of rotatable bonds is 2. The Balaban J connectivity index is 2.02. The summed E-state index contributed by atoms with van der Waals surface area (Å²) < 4.78 is 5.38. The van der Waals surface area contributed by atoms with Gasteiger partial charge in [-0.15, -0.1) is 0 Å². The molecule has 0 spiro atoms. The average Bonchev–Trinajstić information content (AvgIpc) is 2.76. The number of amides is 1. The van der Waals surface area contributed by atoms with Gasteiger partial charge in [-0.2, -0.15) is 10.1 Å². The van der Waals surface area contributed by atoms with Gasteiger partial charge in [-0.1, -0.05) is 0 Å². The molecule has 6 heteroatoms. The van der Waals surface area contributed by atoms with Crippen molar-refractivity contribution in [3.63, 3.8) is 0 Å². The molecule has 1 fully saturated rings. The van der Waals surface area contributed by atoms with E-state index in [1.54, 1.807) is 6.92 Å². The molecule has 0 radical (unpaired) electrons. The van der Waals surface area contributed by atoms with Crippen LogP contribution in [0, 0.1) is 0 Å².